The van der Waals surface area contributed by atoms with Gasteiger partial charge in [0.25, 0.3) is 0 Å². The van der Waals surface area contributed by atoms with E-state index < -0.39 is 5.97 Å². The molecule has 4 heteroatoms. The third-order valence-corrected chi connectivity index (χ3v) is 4.56. The van der Waals surface area contributed by atoms with E-state index in [1.54, 1.807) is 0 Å². The van der Waals surface area contributed by atoms with Gasteiger partial charge in [0, 0.05) is 9.61 Å². The van der Waals surface area contributed by atoms with E-state index in [1.165, 1.54) is 9.13 Å². The quantitative estimate of drug-likeness (QED) is 0.843. The Morgan fingerprint density at radius 3 is 2.61 bits per heavy atom. The minimum absolute atomic E-state index is 0.160. The van der Waals surface area contributed by atoms with Gasteiger partial charge in [-0.2, -0.15) is 0 Å². The molecule has 0 aromatic heterocycles. The first-order valence-electron chi connectivity index (χ1n) is 6.24. The first-order chi connectivity index (χ1) is 8.50. The molecule has 1 N–H and O–H groups in total. The van der Waals surface area contributed by atoms with Crippen molar-refractivity contribution in [1.82, 2.24) is 4.90 Å². The van der Waals surface area contributed by atoms with Crippen molar-refractivity contribution in [2.24, 2.45) is 5.92 Å². The molecule has 1 aliphatic heterocycles. The topological polar surface area (TPSA) is 40.5 Å². The Morgan fingerprint density at radius 2 is 2.06 bits per heavy atom. The molecule has 3 nitrogen and oxygen atoms in total. The highest BCUT2D eigenvalue weighted by atomic mass is 127. The van der Waals surface area contributed by atoms with Crippen LogP contribution in [0.4, 0.5) is 0 Å². The molecule has 0 amide bonds. The van der Waals surface area contributed by atoms with Crippen LogP contribution in [0.15, 0.2) is 24.3 Å². The SMILES string of the molecule is CC1CCN(C(C)c2ccc(I)cc2)C1C(=O)O. The minimum atomic E-state index is -0.697. The summed E-state index contributed by atoms with van der Waals surface area (Å²) < 4.78 is 1.20. The fourth-order valence-electron chi connectivity index (χ4n) is 2.73. The normalized spacial score (nSPS) is 26.2. The summed E-state index contributed by atoms with van der Waals surface area (Å²) in [7, 11) is 0. The molecule has 0 saturated carbocycles. The van der Waals surface area contributed by atoms with Crippen LogP contribution < -0.4 is 0 Å². The average Bonchev–Trinajstić information content (AvgIpc) is 2.71. The van der Waals surface area contributed by atoms with Crippen LogP contribution in [-0.2, 0) is 4.79 Å². The van der Waals surface area contributed by atoms with Crippen molar-refractivity contribution in [2.75, 3.05) is 6.54 Å². The van der Waals surface area contributed by atoms with Gasteiger partial charge in [-0.25, -0.2) is 0 Å². The second-order valence-electron chi connectivity index (χ2n) is 5.01. The second-order valence-corrected chi connectivity index (χ2v) is 6.26. The Bertz CT molecular complexity index is 432. The number of hydrogen-bond donors (Lipinski definition) is 1. The zero-order valence-electron chi connectivity index (χ0n) is 10.6. The molecule has 1 aromatic rings. The van der Waals surface area contributed by atoms with Gasteiger partial charge in [-0.1, -0.05) is 19.1 Å². The third kappa shape index (κ3) is 2.69. The number of carboxylic acids is 1. The lowest BCUT2D eigenvalue weighted by atomic mass is 10.0. The standard InChI is InChI=1S/C14H18INO2/c1-9-7-8-16(13(9)14(17)18)10(2)11-3-5-12(15)6-4-11/h3-6,9-10,13H,7-8H2,1-2H3,(H,17,18). The Labute approximate surface area is 121 Å². The second kappa shape index (κ2) is 5.57. The minimum Gasteiger partial charge on any atom is -0.480 e. The van der Waals surface area contributed by atoms with Crippen molar-refractivity contribution in [3.63, 3.8) is 0 Å². The van der Waals surface area contributed by atoms with Crippen LogP contribution in [0.2, 0.25) is 0 Å². The summed E-state index contributed by atoms with van der Waals surface area (Å²) in [4.78, 5) is 13.5. The van der Waals surface area contributed by atoms with Crippen LogP contribution >= 0.6 is 22.6 Å². The molecule has 0 spiro atoms. The van der Waals surface area contributed by atoms with Crippen molar-refractivity contribution in [2.45, 2.75) is 32.4 Å². The molecule has 0 aliphatic carbocycles. The summed E-state index contributed by atoms with van der Waals surface area (Å²) in [5, 5.41) is 9.35. The largest absolute Gasteiger partial charge is 0.480 e. The van der Waals surface area contributed by atoms with Gasteiger partial charge in [-0.15, -0.1) is 0 Å². The predicted molar refractivity (Wildman–Crippen MR) is 79.5 cm³/mol. The first kappa shape index (κ1) is 13.8. The summed E-state index contributed by atoms with van der Waals surface area (Å²) in [6.07, 6.45) is 0.964. The number of nitrogens with zero attached hydrogens (tertiary/aromatic N) is 1. The molecule has 1 aromatic carbocycles. The number of likely N-dealkylation sites (tertiary alicyclic amines) is 1. The maximum Gasteiger partial charge on any atom is 0.321 e. The molecule has 1 saturated heterocycles. The van der Waals surface area contributed by atoms with E-state index in [4.69, 9.17) is 0 Å². The Hall–Kier alpha value is -0.620. The number of hydrogen-bond acceptors (Lipinski definition) is 2. The van der Waals surface area contributed by atoms with Crippen LogP contribution in [0.5, 0.6) is 0 Å². The smallest absolute Gasteiger partial charge is 0.321 e. The molecule has 3 atom stereocenters. The number of aliphatic carboxylic acids is 1. The van der Waals surface area contributed by atoms with E-state index >= 15 is 0 Å². The van der Waals surface area contributed by atoms with E-state index in [9.17, 15) is 9.90 Å². The molecule has 3 unspecified atom stereocenters. The molecule has 98 valence electrons. The number of rotatable bonds is 3. The highest BCUT2D eigenvalue weighted by molar-refractivity contribution is 14.1. The molecular formula is C14H18INO2. The lowest BCUT2D eigenvalue weighted by Crippen LogP contribution is -2.40. The maximum atomic E-state index is 11.4. The summed E-state index contributed by atoms with van der Waals surface area (Å²) in [5.41, 5.74) is 1.19. The fraction of sp³-hybridized carbons (Fsp3) is 0.500. The molecule has 0 radical (unpaired) electrons. The predicted octanol–water partition coefficient (Wildman–Crippen LogP) is 3.15. The molecule has 18 heavy (non-hydrogen) atoms. The highest BCUT2D eigenvalue weighted by Crippen LogP contribution is 2.32. The van der Waals surface area contributed by atoms with E-state index in [2.05, 4.69) is 58.7 Å². The molecule has 1 aliphatic rings. The monoisotopic (exact) mass is 359 g/mol. The third-order valence-electron chi connectivity index (χ3n) is 3.84. The van der Waals surface area contributed by atoms with Gasteiger partial charge < -0.3 is 5.11 Å². The van der Waals surface area contributed by atoms with Gasteiger partial charge in [0.1, 0.15) is 6.04 Å². The van der Waals surface area contributed by atoms with E-state index in [1.807, 2.05) is 6.92 Å². The van der Waals surface area contributed by atoms with E-state index in [-0.39, 0.29) is 18.0 Å². The van der Waals surface area contributed by atoms with Gasteiger partial charge in [-0.3, -0.25) is 9.69 Å². The van der Waals surface area contributed by atoms with Crippen LogP contribution in [-0.4, -0.2) is 28.6 Å². The summed E-state index contributed by atoms with van der Waals surface area (Å²) in [6.45, 7) is 4.99. The van der Waals surface area contributed by atoms with Gasteiger partial charge >= 0.3 is 5.97 Å². The molecule has 1 fully saturated rings. The van der Waals surface area contributed by atoms with Gasteiger partial charge in [0.2, 0.25) is 0 Å². The molecule has 1 heterocycles. The zero-order chi connectivity index (χ0) is 13.3. The number of halogens is 1. The number of benzene rings is 1. The molecular weight excluding hydrogens is 341 g/mol. The Kier molecular flexibility index (Phi) is 4.27. The van der Waals surface area contributed by atoms with Gasteiger partial charge in [-0.05, 0) is 66.1 Å². The lowest BCUT2D eigenvalue weighted by molar-refractivity contribution is -0.144. The zero-order valence-corrected chi connectivity index (χ0v) is 12.8. The summed E-state index contributed by atoms with van der Waals surface area (Å²) in [6, 6.07) is 8.14. The molecule has 2 rings (SSSR count). The van der Waals surface area contributed by atoms with Crippen LogP contribution in [0.1, 0.15) is 31.9 Å². The maximum absolute atomic E-state index is 11.4. The van der Waals surface area contributed by atoms with Crippen molar-refractivity contribution in [1.29, 1.82) is 0 Å². The van der Waals surface area contributed by atoms with Crippen molar-refractivity contribution in [3.05, 3.63) is 33.4 Å². The number of carboxylic acid groups (broad SMARTS) is 1. The Balaban J connectivity index is 2.20. The van der Waals surface area contributed by atoms with Crippen molar-refractivity contribution < 1.29 is 9.90 Å². The van der Waals surface area contributed by atoms with Gasteiger partial charge in [0.05, 0.1) is 0 Å². The fourth-order valence-corrected chi connectivity index (χ4v) is 3.09. The van der Waals surface area contributed by atoms with Crippen molar-refractivity contribution in [3.8, 4) is 0 Å². The summed E-state index contributed by atoms with van der Waals surface area (Å²) >= 11 is 2.28. The van der Waals surface area contributed by atoms with Crippen molar-refractivity contribution >= 4 is 28.6 Å². The average molecular weight is 359 g/mol. The first-order valence-corrected chi connectivity index (χ1v) is 7.32. The van der Waals surface area contributed by atoms with E-state index in [0.29, 0.717) is 0 Å². The van der Waals surface area contributed by atoms with Crippen LogP contribution in [0, 0.1) is 9.49 Å². The number of carbonyl (C=O) groups is 1. The van der Waals surface area contributed by atoms with Crippen LogP contribution in [0.3, 0.4) is 0 Å². The van der Waals surface area contributed by atoms with Crippen LogP contribution in [0.25, 0.3) is 0 Å². The summed E-state index contributed by atoms with van der Waals surface area (Å²) in [5.74, 6) is -0.467. The van der Waals surface area contributed by atoms with E-state index in [0.717, 1.165) is 13.0 Å². The lowest BCUT2D eigenvalue weighted by Gasteiger charge is -2.29. The highest BCUT2D eigenvalue weighted by Gasteiger charge is 2.39. The van der Waals surface area contributed by atoms with Gasteiger partial charge in [0.15, 0.2) is 0 Å². The Morgan fingerprint density at radius 1 is 1.44 bits per heavy atom. The molecule has 0 bridgehead atoms.